The van der Waals surface area contributed by atoms with Crippen LogP contribution in [-0.2, 0) is 22.4 Å². The molecule has 0 atom stereocenters. The minimum Gasteiger partial charge on any atom is -0.465 e. The first kappa shape index (κ1) is 15.0. The van der Waals surface area contributed by atoms with Gasteiger partial charge in [0.05, 0.1) is 12.7 Å². The molecule has 0 aliphatic heterocycles. The number of ether oxygens (including phenoxy) is 1. The number of nitrogens with two attached hydrogens (primary N) is 1. The fourth-order valence-corrected chi connectivity index (χ4v) is 3.76. The highest BCUT2D eigenvalue weighted by Gasteiger charge is 2.25. The number of fused-ring (bicyclic) bond motifs is 1. The molecular weight excluding hydrogens is 276 g/mol. The van der Waals surface area contributed by atoms with Crippen LogP contribution in [0.4, 0.5) is 5.00 Å². The Balaban J connectivity index is 2.35. The van der Waals surface area contributed by atoms with Crippen LogP contribution in [0.15, 0.2) is 0 Å². The molecule has 1 amide bonds. The molecule has 0 radical (unpaired) electrons. The summed E-state index contributed by atoms with van der Waals surface area (Å²) < 4.78 is 4.88. The van der Waals surface area contributed by atoms with Crippen molar-refractivity contribution in [2.75, 3.05) is 19.0 Å². The summed E-state index contributed by atoms with van der Waals surface area (Å²) in [6.45, 7) is 0.296. The van der Waals surface area contributed by atoms with E-state index in [1.807, 2.05) is 0 Å². The number of aryl methyl sites for hydroxylation is 1. The van der Waals surface area contributed by atoms with Crippen LogP contribution in [0.25, 0.3) is 0 Å². The highest BCUT2D eigenvalue weighted by molar-refractivity contribution is 7.17. The van der Waals surface area contributed by atoms with Crippen molar-refractivity contribution in [1.29, 1.82) is 0 Å². The molecule has 20 heavy (non-hydrogen) atoms. The molecule has 6 heteroatoms. The fourth-order valence-electron chi connectivity index (χ4n) is 2.47. The van der Waals surface area contributed by atoms with Gasteiger partial charge in [0.2, 0.25) is 5.91 Å². The largest absolute Gasteiger partial charge is 0.465 e. The fraction of sp³-hybridized carbons (Fsp3) is 0.571. The van der Waals surface area contributed by atoms with E-state index in [-0.39, 0.29) is 18.3 Å². The summed E-state index contributed by atoms with van der Waals surface area (Å²) in [7, 11) is 1.37. The van der Waals surface area contributed by atoms with Gasteiger partial charge in [0.15, 0.2) is 0 Å². The summed E-state index contributed by atoms with van der Waals surface area (Å²) in [6.07, 6.45) is 5.48. The first-order chi connectivity index (χ1) is 9.67. The van der Waals surface area contributed by atoms with Gasteiger partial charge in [-0.1, -0.05) is 6.42 Å². The number of hydrogen-bond acceptors (Lipinski definition) is 5. The van der Waals surface area contributed by atoms with E-state index < -0.39 is 0 Å². The van der Waals surface area contributed by atoms with Crippen molar-refractivity contribution in [2.45, 2.75) is 38.5 Å². The lowest BCUT2D eigenvalue weighted by molar-refractivity contribution is -0.116. The Hall–Kier alpha value is -1.40. The third-order valence-corrected chi connectivity index (χ3v) is 4.64. The number of nitrogens with one attached hydrogen (secondary N) is 1. The van der Waals surface area contributed by atoms with Gasteiger partial charge in [0.1, 0.15) is 5.00 Å². The molecule has 110 valence electrons. The minimum atomic E-state index is -0.368. The zero-order valence-corrected chi connectivity index (χ0v) is 12.5. The van der Waals surface area contributed by atoms with Crippen LogP contribution in [0, 0.1) is 0 Å². The maximum absolute atomic E-state index is 12.0. The van der Waals surface area contributed by atoms with E-state index in [0.717, 1.165) is 31.2 Å². The van der Waals surface area contributed by atoms with Gasteiger partial charge in [-0.15, -0.1) is 11.3 Å². The van der Waals surface area contributed by atoms with Crippen LogP contribution in [0.1, 0.15) is 46.5 Å². The first-order valence-corrected chi connectivity index (χ1v) is 7.71. The van der Waals surface area contributed by atoms with Crippen LogP contribution >= 0.6 is 11.3 Å². The average molecular weight is 296 g/mol. The number of esters is 1. The second-order valence-electron chi connectivity index (χ2n) is 4.85. The molecule has 3 N–H and O–H groups in total. The Morgan fingerprint density at radius 1 is 1.30 bits per heavy atom. The Morgan fingerprint density at radius 3 is 2.75 bits per heavy atom. The predicted octanol–water partition coefficient (Wildman–Crippen LogP) is 2.09. The molecule has 1 aliphatic carbocycles. The van der Waals surface area contributed by atoms with E-state index >= 15 is 0 Å². The Bertz CT molecular complexity index is 511. The van der Waals surface area contributed by atoms with E-state index in [1.54, 1.807) is 0 Å². The predicted molar refractivity (Wildman–Crippen MR) is 79.2 cm³/mol. The molecule has 2 rings (SSSR count). The summed E-state index contributed by atoms with van der Waals surface area (Å²) in [5.41, 5.74) is 6.98. The van der Waals surface area contributed by atoms with Gasteiger partial charge < -0.3 is 15.8 Å². The first-order valence-electron chi connectivity index (χ1n) is 6.90. The molecule has 0 saturated heterocycles. The van der Waals surface area contributed by atoms with Gasteiger partial charge in [0.25, 0.3) is 0 Å². The normalized spacial score (nSPS) is 14.3. The number of amides is 1. The van der Waals surface area contributed by atoms with Crippen molar-refractivity contribution in [1.82, 2.24) is 0 Å². The molecule has 5 nitrogen and oxygen atoms in total. The molecule has 1 heterocycles. The Labute approximate surface area is 122 Å². The number of thiophene rings is 1. The molecule has 0 aromatic carbocycles. The zero-order valence-electron chi connectivity index (χ0n) is 11.7. The summed E-state index contributed by atoms with van der Waals surface area (Å²) in [5.74, 6) is -0.526. The maximum atomic E-state index is 12.0. The summed E-state index contributed by atoms with van der Waals surface area (Å²) in [4.78, 5) is 24.9. The molecule has 1 aliphatic rings. The van der Waals surface area contributed by atoms with E-state index in [4.69, 9.17) is 10.5 Å². The number of carbonyl (C=O) groups is 2. The van der Waals surface area contributed by atoms with Crippen LogP contribution in [0.2, 0.25) is 0 Å². The van der Waals surface area contributed by atoms with E-state index in [1.165, 1.54) is 29.7 Å². The van der Waals surface area contributed by atoms with E-state index in [9.17, 15) is 9.59 Å². The topological polar surface area (TPSA) is 81.4 Å². The minimum absolute atomic E-state index is 0.158. The molecule has 0 bridgehead atoms. The zero-order chi connectivity index (χ0) is 14.5. The van der Waals surface area contributed by atoms with Crippen LogP contribution in [-0.4, -0.2) is 25.5 Å². The van der Waals surface area contributed by atoms with E-state index in [2.05, 4.69) is 5.32 Å². The van der Waals surface area contributed by atoms with Gasteiger partial charge >= 0.3 is 5.97 Å². The lowest BCUT2D eigenvalue weighted by atomic mass is 10.1. The summed E-state index contributed by atoms with van der Waals surface area (Å²) in [5, 5.41) is 3.42. The molecule has 0 fully saturated rings. The number of anilines is 1. The van der Waals surface area contributed by atoms with Crippen molar-refractivity contribution >= 4 is 28.2 Å². The van der Waals surface area contributed by atoms with Crippen LogP contribution in [0.5, 0.6) is 0 Å². The van der Waals surface area contributed by atoms with Gasteiger partial charge in [0, 0.05) is 17.8 Å². The molecule has 1 aromatic heterocycles. The molecule has 0 saturated carbocycles. The Kier molecular flexibility index (Phi) is 5.14. The molecule has 0 spiro atoms. The number of carbonyl (C=O) groups excluding carboxylic acids is 2. The quantitative estimate of drug-likeness (QED) is 0.658. The highest BCUT2D eigenvalue weighted by atomic mass is 32.1. The van der Waals surface area contributed by atoms with Crippen LogP contribution in [0.3, 0.4) is 0 Å². The lowest BCUT2D eigenvalue weighted by Gasteiger charge is -2.06. The van der Waals surface area contributed by atoms with Gasteiger partial charge in [-0.05, 0) is 31.2 Å². The van der Waals surface area contributed by atoms with Crippen molar-refractivity contribution in [3.8, 4) is 0 Å². The second kappa shape index (κ2) is 6.85. The molecular formula is C14H20N2O3S. The molecule has 1 aromatic rings. The maximum Gasteiger partial charge on any atom is 0.341 e. The SMILES string of the molecule is COC(=O)c1c(NC(=O)CCN)sc2c1CCCCC2. The van der Waals surface area contributed by atoms with Gasteiger partial charge in [-0.2, -0.15) is 0 Å². The van der Waals surface area contributed by atoms with Gasteiger partial charge in [-0.25, -0.2) is 4.79 Å². The standard InChI is InChI=1S/C14H20N2O3S/c1-19-14(18)12-9-5-3-2-4-6-10(9)20-13(12)16-11(17)7-8-15/h2-8,15H2,1H3,(H,16,17). The Morgan fingerprint density at radius 2 is 2.05 bits per heavy atom. The highest BCUT2D eigenvalue weighted by Crippen LogP contribution is 2.37. The number of methoxy groups -OCH3 is 1. The summed E-state index contributed by atoms with van der Waals surface area (Å²) in [6, 6.07) is 0. The average Bonchev–Trinajstić information content (AvgIpc) is 2.60. The van der Waals surface area contributed by atoms with Crippen molar-refractivity contribution < 1.29 is 14.3 Å². The van der Waals surface area contributed by atoms with E-state index in [0.29, 0.717) is 17.1 Å². The monoisotopic (exact) mass is 296 g/mol. The number of rotatable bonds is 4. The van der Waals surface area contributed by atoms with Crippen molar-refractivity contribution in [3.63, 3.8) is 0 Å². The smallest absolute Gasteiger partial charge is 0.341 e. The molecule has 0 unspecified atom stereocenters. The number of hydrogen-bond donors (Lipinski definition) is 2. The summed E-state index contributed by atoms with van der Waals surface area (Å²) >= 11 is 1.50. The third-order valence-electron chi connectivity index (χ3n) is 3.44. The third kappa shape index (κ3) is 3.19. The van der Waals surface area contributed by atoms with Crippen molar-refractivity contribution in [2.24, 2.45) is 5.73 Å². The van der Waals surface area contributed by atoms with Crippen LogP contribution < -0.4 is 11.1 Å². The lowest BCUT2D eigenvalue weighted by Crippen LogP contribution is -2.17. The van der Waals surface area contributed by atoms with Gasteiger partial charge in [-0.3, -0.25) is 4.79 Å². The van der Waals surface area contributed by atoms with Crippen molar-refractivity contribution in [3.05, 3.63) is 16.0 Å². The second-order valence-corrected chi connectivity index (χ2v) is 5.95.